The van der Waals surface area contributed by atoms with E-state index >= 15 is 0 Å². The molecule has 0 aliphatic heterocycles. The van der Waals surface area contributed by atoms with E-state index in [2.05, 4.69) is 15.0 Å². The molecular formula is C13H23N3O3S. The van der Waals surface area contributed by atoms with Crippen molar-refractivity contribution in [3.63, 3.8) is 0 Å². The molecule has 114 valence electrons. The molecule has 1 heterocycles. The Morgan fingerprint density at radius 2 is 2.10 bits per heavy atom. The van der Waals surface area contributed by atoms with Crippen LogP contribution in [0.25, 0.3) is 0 Å². The Balaban J connectivity index is 2.82. The molecule has 0 bridgehead atoms. The minimum absolute atomic E-state index is 0.193. The van der Waals surface area contributed by atoms with Gasteiger partial charge in [0.2, 0.25) is 10.0 Å². The molecule has 0 aliphatic rings. The quantitative estimate of drug-likeness (QED) is 0.762. The summed E-state index contributed by atoms with van der Waals surface area (Å²) in [5, 5.41) is 3.06. The zero-order valence-electron chi connectivity index (χ0n) is 12.4. The Kier molecular flexibility index (Phi) is 5.91. The molecule has 7 heteroatoms. The third-order valence-corrected chi connectivity index (χ3v) is 4.24. The highest BCUT2D eigenvalue weighted by Gasteiger charge is 2.22. The summed E-state index contributed by atoms with van der Waals surface area (Å²) < 4.78 is 32.1. The number of anilines is 1. The Hall–Kier alpha value is -1.18. The summed E-state index contributed by atoms with van der Waals surface area (Å²) >= 11 is 0. The van der Waals surface area contributed by atoms with E-state index in [1.54, 1.807) is 7.11 Å². The number of hydrogen-bond donors (Lipinski definition) is 2. The number of hydrogen-bond acceptors (Lipinski definition) is 5. The average molecular weight is 301 g/mol. The predicted octanol–water partition coefficient (Wildman–Crippen LogP) is 1.61. The van der Waals surface area contributed by atoms with Crippen molar-refractivity contribution in [1.29, 1.82) is 0 Å². The van der Waals surface area contributed by atoms with Crippen LogP contribution in [0.5, 0.6) is 0 Å². The van der Waals surface area contributed by atoms with Gasteiger partial charge in [-0.1, -0.05) is 6.92 Å². The standard InChI is InChI=1S/C13H23N3O3S/c1-5-7-14-12-9-11(6-8-15-12)20(17,18)16-10-13(2,3)19-4/h6,8-9,16H,5,7,10H2,1-4H3,(H,14,15). The van der Waals surface area contributed by atoms with Gasteiger partial charge in [0.05, 0.1) is 10.5 Å². The van der Waals surface area contributed by atoms with Crippen molar-refractivity contribution < 1.29 is 13.2 Å². The minimum atomic E-state index is -3.56. The first-order valence-electron chi connectivity index (χ1n) is 6.55. The molecule has 0 atom stereocenters. The number of sulfonamides is 1. The fourth-order valence-corrected chi connectivity index (χ4v) is 2.56. The molecule has 20 heavy (non-hydrogen) atoms. The lowest BCUT2D eigenvalue weighted by atomic mass is 10.1. The fourth-order valence-electron chi connectivity index (χ4n) is 1.35. The van der Waals surface area contributed by atoms with Crippen LogP contribution in [0, 0.1) is 0 Å². The third kappa shape index (κ3) is 5.07. The van der Waals surface area contributed by atoms with E-state index in [-0.39, 0.29) is 11.4 Å². The van der Waals surface area contributed by atoms with Crippen LogP contribution in [0.2, 0.25) is 0 Å². The molecule has 1 rings (SSSR count). The van der Waals surface area contributed by atoms with Crippen molar-refractivity contribution in [1.82, 2.24) is 9.71 Å². The zero-order chi connectivity index (χ0) is 15.2. The van der Waals surface area contributed by atoms with Crippen LogP contribution in [-0.2, 0) is 14.8 Å². The number of pyridine rings is 1. The Morgan fingerprint density at radius 1 is 1.40 bits per heavy atom. The third-order valence-electron chi connectivity index (χ3n) is 2.84. The number of methoxy groups -OCH3 is 1. The number of nitrogens with one attached hydrogen (secondary N) is 2. The van der Waals surface area contributed by atoms with Gasteiger partial charge in [0.1, 0.15) is 5.82 Å². The second kappa shape index (κ2) is 7.01. The summed E-state index contributed by atoms with van der Waals surface area (Å²) in [6.45, 7) is 6.61. The van der Waals surface area contributed by atoms with Gasteiger partial charge in [0, 0.05) is 32.5 Å². The number of nitrogens with zero attached hydrogens (tertiary/aromatic N) is 1. The summed E-state index contributed by atoms with van der Waals surface area (Å²) in [5.41, 5.74) is -0.552. The topological polar surface area (TPSA) is 80.3 Å². The van der Waals surface area contributed by atoms with Crippen LogP contribution >= 0.6 is 0 Å². The van der Waals surface area contributed by atoms with Crippen LogP contribution in [0.4, 0.5) is 5.82 Å². The van der Waals surface area contributed by atoms with Crippen molar-refractivity contribution in [2.24, 2.45) is 0 Å². The van der Waals surface area contributed by atoms with Crippen molar-refractivity contribution in [2.45, 2.75) is 37.7 Å². The minimum Gasteiger partial charge on any atom is -0.377 e. The lowest BCUT2D eigenvalue weighted by molar-refractivity contribution is 0.0276. The van der Waals surface area contributed by atoms with Crippen molar-refractivity contribution in [2.75, 3.05) is 25.5 Å². The summed E-state index contributed by atoms with van der Waals surface area (Å²) in [5.74, 6) is 0.556. The Labute approximate surface area is 121 Å². The SMILES string of the molecule is CCCNc1cc(S(=O)(=O)NCC(C)(C)OC)ccn1. The van der Waals surface area contributed by atoms with E-state index in [9.17, 15) is 8.42 Å². The molecule has 0 aromatic carbocycles. The van der Waals surface area contributed by atoms with Gasteiger partial charge in [-0.2, -0.15) is 0 Å². The van der Waals surface area contributed by atoms with Crippen LogP contribution in [0.1, 0.15) is 27.2 Å². The van der Waals surface area contributed by atoms with E-state index in [1.165, 1.54) is 18.3 Å². The van der Waals surface area contributed by atoms with Gasteiger partial charge < -0.3 is 10.1 Å². The molecule has 0 saturated heterocycles. The molecule has 0 fully saturated rings. The predicted molar refractivity (Wildman–Crippen MR) is 79.3 cm³/mol. The maximum atomic E-state index is 12.2. The summed E-state index contributed by atoms with van der Waals surface area (Å²) in [7, 11) is -2.01. The molecule has 0 unspecified atom stereocenters. The van der Waals surface area contributed by atoms with Gasteiger partial charge in [0.25, 0.3) is 0 Å². The Bertz CT molecular complexity index is 529. The second-order valence-corrected chi connectivity index (χ2v) is 6.86. The zero-order valence-corrected chi connectivity index (χ0v) is 13.3. The van der Waals surface area contributed by atoms with Crippen LogP contribution in [0.15, 0.2) is 23.2 Å². The molecule has 0 aliphatic carbocycles. The Morgan fingerprint density at radius 3 is 2.70 bits per heavy atom. The molecule has 0 spiro atoms. The van der Waals surface area contributed by atoms with Crippen molar-refractivity contribution in [3.8, 4) is 0 Å². The molecule has 0 amide bonds. The van der Waals surface area contributed by atoms with Gasteiger partial charge in [-0.3, -0.25) is 0 Å². The highest BCUT2D eigenvalue weighted by atomic mass is 32.2. The fraction of sp³-hybridized carbons (Fsp3) is 0.615. The van der Waals surface area contributed by atoms with Gasteiger partial charge in [-0.25, -0.2) is 18.1 Å². The second-order valence-electron chi connectivity index (χ2n) is 5.09. The largest absolute Gasteiger partial charge is 0.377 e. The van der Waals surface area contributed by atoms with Crippen LogP contribution in [0.3, 0.4) is 0 Å². The number of aromatic nitrogens is 1. The molecule has 2 N–H and O–H groups in total. The highest BCUT2D eigenvalue weighted by molar-refractivity contribution is 7.89. The van der Waals surface area contributed by atoms with Gasteiger partial charge in [0.15, 0.2) is 0 Å². The first-order chi connectivity index (χ1) is 9.30. The van der Waals surface area contributed by atoms with Gasteiger partial charge in [-0.15, -0.1) is 0 Å². The van der Waals surface area contributed by atoms with E-state index in [1.807, 2.05) is 20.8 Å². The molecular weight excluding hydrogens is 278 g/mol. The molecule has 1 aromatic rings. The van der Waals surface area contributed by atoms with Gasteiger partial charge in [-0.05, 0) is 26.3 Å². The van der Waals surface area contributed by atoms with E-state index in [0.717, 1.165) is 13.0 Å². The lowest BCUT2D eigenvalue weighted by Gasteiger charge is -2.23. The van der Waals surface area contributed by atoms with E-state index < -0.39 is 15.6 Å². The van der Waals surface area contributed by atoms with Crippen molar-refractivity contribution in [3.05, 3.63) is 18.3 Å². The van der Waals surface area contributed by atoms with Crippen LogP contribution in [-0.4, -0.2) is 39.2 Å². The molecule has 6 nitrogen and oxygen atoms in total. The highest BCUT2D eigenvalue weighted by Crippen LogP contribution is 2.14. The first-order valence-corrected chi connectivity index (χ1v) is 8.04. The molecule has 0 radical (unpaired) electrons. The van der Waals surface area contributed by atoms with Gasteiger partial charge >= 0.3 is 0 Å². The van der Waals surface area contributed by atoms with E-state index in [0.29, 0.717) is 5.82 Å². The maximum Gasteiger partial charge on any atom is 0.240 e. The van der Waals surface area contributed by atoms with Crippen LogP contribution < -0.4 is 10.0 Å². The summed E-state index contributed by atoms with van der Waals surface area (Å²) in [6, 6.07) is 3.00. The maximum absolute atomic E-state index is 12.2. The van der Waals surface area contributed by atoms with E-state index in [4.69, 9.17) is 4.74 Å². The monoisotopic (exact) mass is 301 g/mol. The normalized spacial score (nSPS) is 12.4. The van der Waals surface area contributed by atoms with Crippen molar-refractivity contribution >= 4 is 15.8 Å². The summed E-state index contributed by atoms with van der Waals surface area (Å²) in [6.07, 6.45) is 2.42. The molecule has 1 aromatic heterocycles. The smallest absolute Gasteiger partial charge is 0.240 e. The summed E-state index contributed by atoms with van der Waals surface area (Å²) in [4.78, 5) is 4.28. The average Bonchev–Trinajstić information content (AvgIpc) is 2.43. The molecule has 0 saturated carbocycles. The first kappa shape index (κ1) is 16.9. The lowest BCUT2D eigenvalue weighted by Crippen LogP contribution is -2.39. The number of ether oxygens (including phenoxy) is 1. The number of rotatable bonds is 8.